The van der Waals surface area contributed by atoms with Crippen molar-refractivity contribution in [2.75, 3.05) is 10.6 Å². The number of fused-ring (bicyclic) bond motifs is 3. The zero-order valence-electron chi connectivity index (χ0n) is 23.0. The van der Waals surface area contributed by atoms with Gasteiger partial charge in [0.2, 0.25) is 5.91 Å². The van der Waals surface area contributed by atoms with E-state index in [2.05, 4.69) is 31.7 Å². The van der Waals surface area contributed by atoms with Crippen LogP contribution in [0.4, 0.5) is 11.5 Å². The smallest absolute Gasteiger partial charge is 0.236 e. The highest BCUT2D eigenvalue weighted by Crippen LogP contribution is 2.44. The largest absolute Gasteiger partial charge is 0.508 e. The molecule has 2 aromatic heterocycles. The standard InChI is InChI=1S/C33H28BrN5O3/c1-3-22(27(40)4-2)26-17-30(39-32(38-26)25(34)19-36-39)35-18-20-13-15-21(16-14-20)37-33(41)31-23-9-5-7-11-28(23)42-29-12-8-6-10-24(29)31/h3-17,19,31,35,40H,18H2,1-2H3,(H,37,41)/b22-3-,27-4+. The van der Waals surface area contributed by atoms with Crippen molar-refractivity contribution < 1.29 is 14.6 Å². The number of aliphatic hydroxyl groups is 1. The molecule has 3 heterocycles. The molecule has 0 saturated carbocycles. The van der Waals surface area contributed by atoms with Crippen LogP contribution in [0.2, 0.25) is 0 Å². The molecule has 5 aromatic rings. The number of carbonyl (C=O) groups excluding carboxylic acids is 1. The van der Waals surface area contributed by atoms with Crippen molar-refractivity contribution in [3.05, 3.63) is 130 Å². The lowest BCUT2D eigenvalue weighted by Crippen LogP contribution is -2.25. The van der Waals surface area contributed by atoms with Gasteiger partial charge in [0, 0.05) is 35.0 Å². The number of ether oxygens (including phenoxy) is 1. The quantitative estimate of drug-likeness (QED) is 0.126. The van der Waals surface area contributed by atoms with E-state index >= 15 is 0 Å². The van der Waals surface area contributed by atoms with Gasteiger partial charge < -0.3 is 20.5 Å². The van der Waals surface area contributed by atoms with Gasteiger partial charge in [-0.25, -0.2) is 4.98 Å². The Morgan fingerprint density at radius 1 is 1.00 bits per heavy atom. The van der Waals surface area contributed by atoms with Crippen LogP contribution in [0.5, 0.6) is 11.5 Å². The minimum Gasteiger partial charge on any atom is -0.508 e. The number of amides is 1. The molecule has 0 saturated heterocycles. The predicted molar refractivity (Wildman–Crippen MR) is 168 cm³/mol. The molecule has 3 N–H and O–H groups in total. The van der Waals surface area contributed by atoms with Crippen LogP contribution >= 0.6 is 15.9 Å². The number of para-hydroxylation sites is 2. The van der Waals surface area contributed by atoms with Crippen molar-refractivity contribution in [2.45, 2.75) is 26.3 Å². The Bertz CT molecular complexity index is 1810. The summed E-state index contributed by atoms with van der Waals surface area (Å²) in [7, 11) is 0. The van der Waals surface area contributed by atoms with E-state index < -0.39 is 5.92 Å². The Labute approximate surface area is 251 Å². The highest BCUT2D eigenvalue weighted by molar-refractivity contribution is 9.10. The molecule has 1 amide bonds. The molecular formula is C33H28BrN5O3. The normalized spacial score (nSPS) is 13.3. The average molecular weight is 623 g/mol. The van der Waals surface area contributed by atoms with Gasteiger partial charge in [0.05, 0.1) is 22.3 Å². The van der Waals surface area contributed by atoms with E-state index in [1.54, 1.807) is 23.7 Å². The Morgan fingerprint density at radius 3 is 2.31 bits per heavy atom. The average Bonchev–Trinajstić information content (AvgIpc) is 3.39. The lowest BCUT2D eigenvalue weighted by atomic mass is 9.87. The van der Waals surface area contributed by atoms with E-state index in [1.165, 1.54) is 0 Å². The molecule has 210 valence electrons. The van der Waals surface area contributed by atoms with Crippen LogP contribution in [-0.2, 0) is 11.3 Å². The van der Waals surface area contributed by atoms with Crippen molar-refractivity contribution in [3.8, 4) is 11.5 Å². The summed E-state index contributed by atoms with van der Waals surface area (Å²) in [6, 6.07) is 24.9. The predicted octanol–water partition coefficient (Wildman–Crippen LogP) is 7.85. The van der Waals surface area contributed by atoms with E-state index in [-0.39, 0.29) is 11.7 Å². The first-order valence-corrected chi connectivity index (χ1v) is 14.3. The summed E-state index contributed by atoms with van der Waals surface area (Å²) < 4.78 is 8.50. The molecule has 8 nitrogen and oxygen atoms in total. The number of halogens is 1. The second-order valence-corrected chi connectivity index (χ2v) is 10.6. The Morgan fingerprint density at radius 2 is 1.67 bits per heavy atom. The third-order valence-corrected chi connectivity index (χ3v) is 7.74. The van der Waals surface area contributed by atoms with Crippen LogP contribution in [0.15, 0.2) is 107 Å². The summed E-state index contributed by atoms with van der Waals surface area (Å²) in [5, 5.41) is 21.4. The molecular weight excluding hydrogens is 594 g/mol. The topological polar surface area (TPSA) is 101 Å². The highest BCUT2D eigenvalue weighted by atomic mass is 79.9. The third-order valence-electron chi connectivity index (χ3n) is 7.18. The van der Waals surface area contributed by atoms with Crippen LogP contribution in [-0.4, -0.2) is 25.6 Å². The fourth-order valence-corrected chi connectivity index (χ4v) is 5.44. The lowest BCUT2D eigenvalue weighted by Gasteiger charge is -2.27. The maximum Gasteiger partial charge on any atom is 0.236 e. The van der Waals surface area contributed by atoms with Crippen molar-refractivity contribution in [3.63, 3.8) is 0 Å². The van der Waals surface area contributed by atoms with E-state index in [4.69, 9.17) is 9.72 Å². The van der Waals surface area contributed by atoms with Crippen molar-refractivity contribution in [1.82, 2.24) is 14.6 Å². The van der Waals surface area contributed by atoms with Gasteiger partial charge in [0.15, 0.2) is 5.65 Å². The van der Waals surface area contributed by atoms with E-state index in [0.29, 0.717) is 40.6 Å². The number of anilines is 2. The number of nitrogens with one attached hydrogen (secondary N) is 2. The van der Waals surface area contributed by atoms with E-state index in [9.17, 15) is 9.90 Å². The van der Waals surface area contributed by atoms with E-state index in [1.807, 2.05) is 91.9 Å². The summed E-state index contributed by atoms with van der Waals surface area (Å²) in [6.07, 6.45) is 5.15. The first-order valence-electron chi connectivity index (χ1n) is 13.5. The molecule has 42 heavy (non-hydrogen) atoms. The van der Waals surface area contributed by atoms with Gasteiger partial charge in [-0.15, -0.1) is 0 Å². The fourth-order valence-electron chi connectivity index (χ4n) is 5.09. The molecule has 6 rings (SSSR count). The summed E-state index contributed by atoms with van der Waals surface area (Å²) >= 11 is 3.52. The summed E-state index contributed by atoms with van der Waals surface area (Å²) in [5.41, 5.74) is 5.28. The number of carbonyl (C=O) groups is 1. The van der Waals surface area contributed by atoms with Gasteiger partial charge in [-0.3, -0.25) is 4.79 Å². The maximum atomic E-state index is 13.6. The van der Waals surface area contributed by atoms with Crippen molar-refractivity contribution in [2.24, 2.45) is 0 Å². The Kier molecular flexibility index (Phi) is 7.50. The zero-order chi connectivity index (χ0) is 29.2. The lowest BCUT2D eigenvalue weighted by molar-refractivity contribution is -0.116. The fraction of sp³-hybridized carbons (Fsp3) is 0.121. The molecule has 0 atom stereocenters. The highest BCUT2D eigenvalue weighted by Gasteiger charge is 2.32. The van der Waals surface area contributed by atoms with Crippen molar-refractivity contribution in [1.29, 1.82) is 0 Å². The Balaban J connectivity index is 1.20. The molecule has 0 spiro atoms. The number of aromatic nitrogens is 3. The minimum atomic E-state index is -0.478. The van der Waals surface area contributed by atoms with Crippen LogP contribution in [0.3, 0.4) is 0 Å². The second-order valence-electron chi connectivity index (χ2n) is 9.78. The summed E-state index contributed by atoms with van der Waals surface area (Å²) in [6.45, 7) is 4.14. The maximum absolute atomic E-state index is 13.6. The van der Waals surface area contributed by atoms with Gasteiger partial charge in [-0.2, -0.15) is 9.61 Å². The number of benzene rings is 3. The Hall–Kier alpha value is -4.89. The molecule has 0 fully saturated rings. The molecule has 0 bridgehead atoms. The summed E-state index contributed by atoms with van der Waals surface area (Å²) in [4.78, 5) is 18.3. The van der Waals surface area contributed by atoms with Gasteiger partial charge in [0.25, 0.3) is 0 Å². The molecule has 0 aliphatic carbocycles. The summed E-state index contributed by atoms with van der Waals surface area (Å²) in [5.74, 6) is 1.66. The first-order chi connectivity index (χ1) is 20.5. The number of allylic oxidation sites excluding steroid dienone is 3. The molecule has 1 aliphatic rings. The zero-order valence-corrected chi connectivity index (χ0v) is 24.6. The molecule has 1 aliphatic heterocycles. The SMILES string of the molecule is C/C=C(\C(O)=C/C)c1cc(NCc2ccc(NC(=O)C3c4ccccc4Oc4ccccc43)cc2)n2ncc(Br)c2n1. The monoisotopic (exact) mass is 621 g/mol. The van der Waals surface area contributed by atoms with E-state index in [0.717, 1.165) is 27.0 Å². The molecule has 0 unspecified atom stereocenters. The number of rotatable bonds is 7. The second kappa shape index (κ2) is 11.5. The van der Waals surface area contributed by atoms with Crippen LogP contribution in [0.25, 0.3) is 11.2 Å². The van der Waals surface area contributed by atoms with Crippen LogP contribution < -0.4 is 15.4 Å². The third kappa shape index (κ3) is 5.14. The molecule has 0 radical (unpaired) electrons. The number of aliphatic hydroxyl groups excluding tert-OH is 1. The molecule has 3 aromatic carbocycles. The molecule has 9 heteroatoms. The first kappa shape index (κ1) is 27.3. The number of hydrogen-bond donors (Lipinski definition) is 3. The van der Waals surface area contributed by atoms with Crippen LogP contribution in [0.1, 0.15) is 42.1 Å². The minimum absolute atomic E-state index is 0.121. The van der Waals surface area contributed by atoms with Crippen LogP contribution in [0, 0.1) is 0 Å². The number of nitrogens with zero attached hydrogens (tertiary/aromatic N) is 3. The van der Waals surface area contributed by atoms with Gasteiger partial charge >= 0.3 is 0 Å². The van der Waals surface area contributed by atoms with Gasteiger partial charge in [-0.1, -0.05) is 54.6 Å². The van der Waals surface area contributed by atoms with Gasteiger partial charge in [0.1, 0.15) is 23.1 Å². The number of hydrogen-bond acceptors (Lipinski definition) is 6. The van der Waals surface area contributed by atoms with Crippen molar-refractivity contribution >= 4 is 44.6 Å². The van der Waals surface area contributed by atoms with Gasteiger partial charge in [-0.05, 0) is 65.7 Å².